The van der Waals surface area contributed by atoms with E-state index in [1.54, 1.807) is 6.20 Å². The van der Waals surface area contributed by atoms with Gasteiger partial charge < -0.3 is 10.2 Å². The molecular formula is C22H25N3O2. The minimum absolute atomic E-state index is 0.0196. The van der Waals surface area contributed by atoms with Gasteiger partial charge in [-0.2, -0.15) is 0 Å². The topological polar surface area (TPSA) is 59.8 Å². The van der Waals surface area contributed by atoms with Gasteiger partial charge in [-0.05, 0) is 11.6 Å². The number of hydrogen-bond donors (Lipinski definition) is 2. The summed E-state index contributed by atoms with van der Waals surface area (Å²) in [4.78, 5) is 9.08. The van der Waals surface area contributed by atoms with Crippen LogP contribution in [-0.4, -0.2) is 64.3 Å². The Bertz CT molecular complexity index is 892. The molecule has 0 spiro atoms. The number of aliphatic hydroxyl groups excluding tert-OH is 1. The third kappa shape index (κ3) is 3.67. The molecule has 0 aliphatic carbocycles. The number of β-amino-alcohol motifs (C(OH)–C–C–N with tert-alkyl or cyclic N) is 1. The van der Waals surface area contributed by atoms with Crippen molar-refractivity contribution >= 4 is 10.9 Å². The summed E-state index contributed by atoms with van der Waals surface area (Å²) in [5, 5.41) is 21.1. The maximum absolute atomic E-state index is 11.0. The van der Waals surface area contributed by atoms with Crippen LogP contribution in [0.25, 0.3) is 10.9 Å². The van der Waals surface area contributed by atoms with Crippen molar-refractivity contribution < 1.29 is 10.2 Å². The van der Waals surface area contributed by atoms with E-state index >= 15 is 0 Å². The summed E-state index contributed by atoms with van der Waals surface area (Å²) in [6.07, 6.45) is 1.72. The predicted molar refractivity (Wildman–Crippen MR) is 107 cm³/mol. The fourth-order valence-corrected chi connectivity index (χ4v) is 3.97. The molecule has 27 heavy (non-hydrogen) atoms. The highest BCUT2D eigenvalue weighted by atomic mass is 16.3. The number of aromatic nitrogens is 1. The number of phenols is 1. The smallest absolute Gasteiger partial charge is 0.146 e. The van der Waals surface area contributed by atoms with Crippen LogP contribution in [0.15, 0.2) is 60.8 Å². The summed E-state index contributed by atoms with van der Waals surface area (Å²) in [5.41, 5.74) is 2.71. The van der Waals surface area contributed by atoms with Crippen LogP contribution in [0.5, 0.6) is 5.75 Å². The first kappa shape index (κ1) is 17.9. The van der Waals surface area contributed by atoms with E-state index in [0.29, 0.717) is 5.52 Å². The van der Waals surface area contributed by atoms with Gasteiger partial charge in [0.15, 0.2) is 0 Å². The molecule has 1 atom stereocenters. The molecule has 4 rings (SSSR count). The number of hydrogen-bond acceptors (Lipinski definition) is 5. The molecular weight excluding hydrogens is 338 g/mol. The third-order valence-corrected chi connectivity index (χ3v) is 5.38. The van der Waals surface area contributed by atoms with Crippen molar-refractivity contribution in [2.24, 2.45) is 0 Å². The number of nitrogens with zero attached hydrogens (tertiary/aromatic N) is 3. The molecule has 3 aromatic rings. The van der Waals surface area contributed by atoms with Crippen LogP contribution in [0.4, 0.5) is 0 Å². The standard InChI is InChI=1S/C22H25N3O2/c26-16-15-24-11-13-25(14-12-24)21(18-5-2-1-3-6-18)19-9-8-17-7-4-10-23-20(17)22(19)27/h1-10,21,26-27H,11-16H2. The lowest BCUT2D eigenvalue weighted by molar-refractivity contribution is 0.0938. The van der Waals surface area contributed by atoms with Gasteiger partial charge in [0.05, 0.1) is 12.6 Å². The van der Waals surface area contributed by atoms with Crippen molar-refractivity contribution in [2.45, 2.75) is 6.04 Å². The van der Waals surface area contributed by atoms with Crippen molar-refractivity contribution in [3.8, 4) is 5.75 Å². The molecule has 2 aromatic carbocycles. The van der Waals surface area contributed by atoms with Crippen LogP contribution >= 0.6 is 0 Å². The van der Waals surface area contributed by atoms with Gasteiger partial charge in [0, 0.05) is 49.9 Å². The molecule has 5 nitrogen and oxygen atoms in total. The Balaban J connectivity index is 1.73. The Morgan fingerprint density at radius 3 is 2.44 bits per heavy atom. The Morgan fingerprint density at radius 2 is 1.70 bits per heavy atom. The quantitative estimate of drug-likeness (QED) is 0.730. The highest BCUT2D eigenvalue weighted by Gasteiger charge is 2.28. The lowest BCUT2D eigenvalue weighted by atomic mass is 9.94. The van der Waals surface area contributed by atoms with Crippen LogP contribution in [0.1, 0.15) is 17.2 Å². The van der Waals surface area contributed by atoms with Crippen molar-refractivity contribution in [2.75, 3.05) is 39.3 Å². The van der Waals surface area contributed by atoms with Gasteiger partial charge in [0.1, 0.15) is 11.3 Å². The Hall–Kier alpha value is -2.47. The SMILES string of the molecule is OCCN1CCN(C(c2ccccc2)c2ccc3cccnc3c2O)CC1. The molecule has 1 aromatic heterocycles. The van der Waals surface area contributed by atoms with Gasteiger partial charge >= 0.3 is 0 Å². The molecule has 0 amide bonds. The van der Waals surface area contributed by atoms with Crippen LogP contribution in [0, 0.1) is 0 Å². The number of benzene rings is 2. The number of aliphatic hydroxyl groups is 1. The molecule has 1 aliphatic rings. The van der Waals surface area contributed by atoms with Crippen molar-refractivity contribution in [3.63, 3.8) is 0 Å². The van der Waals surface area contributed by atoms with E-state index in [4.69, 9.17) is 0 Å². The maximum atomic E-state index is 11.0. The largest absolute Gasteiger partial charge is 0.505 e. The number of phenolic OH excluding ortho intramolecular Hbond substituents is 1. The van der Waals surface area contributed by atoms with Crippen LogP contribution in [0.3, 0.4) is 0 Å². The predicted octanol–water partition coefficient (Wildman–Crippen LogP) is 2.64. The molecule has 5 heteroatoms. The number of aromatic hydroxyl groups is 1. The summed E-state index contributed by atoms with van der Waals surface area (Å²) >= 11 is 0. The highest BCUT2D eigenvalue weighted by molar-refractivity contribution is 5.85. The first-order valence-corrected chi connectivity index (χ1v) is 9.47. The van der Waals surface area contributed by atoms with E-state index < -0.39 is 0 Å². The molecule has 1 fully saturated rings. The van der Waals surface area contributed by atoms with Gasteiger partial charge in [-0.3, -0.25) is 14.8 Å². The number of piperazine rings is 1. The zero-order valence-electron chi connectivity index (χ0n) is 15.3. The molecule has 1 saturated heterocycles. The van der Waals surface area contributed by atoms with E-state index in [1.165, 1.54) is 5.56 Å². The van der Waals surface area contributed by atoms with E-state index in [9.17, 15) is 10.2 Å². The van der Waals surface area contributed by atoms with Crippen LogP contribution in [-0.2, 0) is 0 Å². The average molecular weight is 363 g/mol. The van der Waals surface area contributed by atoms with Gasteiger partial charge in [-0.25, -0.2) is 0 Å². The summed E-state index contributed by atoms with van der Waals surface area (Å²) < 4.78 is 0. The monoisotopic (exact) mass is 363 g/mol. The van der Waals surface area contributed by atoms with Crippen molar-refractivity contribution in [3.05, 3.63) is 71.9 Å². The summed E-state index contributed by atoms with van der Waals surface area (Å²) in [5.74, 6) is 0.264. The zero-order valence-corrected chi connectivity index (χ0v) is 15.3. The minimum Gasteiger partial charge on any atom is -0.505 e. The fourth-order valence-electron chi connectivity index (χ4n) is 3.97. The van der Waals surface area contributed by atoms with Crippen LogP contribution in [0.2, 0.25) is 0 Å². The fraction of sp³-hybridized carbons (Fsp3) is 0.318. The molecule has 0 radical (unpaired) electrons. The van der Waals surface area contributed by atoms with Crippen LogP contribution < -0.4 is 0 Å². The number of fused-ring (bicyclic) bond motifs is 1. The lowest BCUT2D eigenvalue weighted by Crippen LogP contribution is -2.48. The second-order valence-electron chi connectivity index (χ2n) is 6.99. The second kappa shape index (κ2) is 8.05. The van der Waals surface area contributed by atoms with E-state index in [1.807, 2.05) is 42.5 Å². The number of pyridine rings is 1. The van der Waals surface area contributed by atoms with Gasteiger partial charge in [-0.15, -0.1) is 0 Å². The average Bonchev–Trinajstić information content (AvgIpc) is 2.72. The Morgan fingerprint density at radius 1 is 0.926 bits per heavy atom. The number of rotatable bonds is 5. The molecule has 140 valence electrons. The third-order valence-electron chi connectivity index (χ3n) is 5.38. The van der Waals surface area contributed by atoms with Gasteiger partial charge in [-0.1, -0.05) is 48.5 Å². The minimum atomic E-state index is -0.0196. The zero-order chi connectivity index (χ0) is 18.6. The maximum Gasteiger partial charge on any atom is 0.146 e. The summed E-state index contributed by atoms with van der Waals surface area (Å²) in [6.45, 7) is 4.51. The van der Waals surface area contributed by atoms with E-state index in [-0.39, 0.29) is 18.4 Å². The van der Waals surface area contributed by atoms with Gasteiger partial charge in [0.25, 0.3) is 0 Å². The normalized spacial score (nSPS) is 17.2. The first-order chi connectivity index (χ1) is 13.3. The Kier molecular flexibility index (Phi) is 5.34. The summed E-state index contributed by atoms with van der Waals surface area (Å²) in [6, 6.07) is 18.2. The Labute approximate surface area is 159 Å². The highest BCUT2D eigenvalue weighted by Crippen LogP contribution is 2.38. The summed E-state index contributed by atoms with van der Waals surface area (Å²) in [7, 11) is 0. The first-order valence-electron chi connectivity index (χ1n) is 9.47. The molecule has 1 aliphatic heterocycles. The van der Waals surface area contributed by atoms with Crippen molar-refractivity contribution in [1.29, 1.82) is 0 Å². The second-order valence-corrected chi connectivity index (χ2v) is 6.99. The van der Waals surface area contributed by atoms with E-state index in [0.717, 1.165) is 43.7 Å². The van der Waals surface area contributed by atoms with Crippen molar-refractivity contribution in [1.82, 2.24) is 14.8 Å². The molecule has 2 heterocycles. The lowest BCUT2D eigenvalue weighted by Gasteiger charge is -2.39. The van der Waals surface area contributed by atoms with Gasteiger partial charge in [0.2, 0.25) is 0 Å². The molecule has 2 N–H and O–H groups in total. The molecule has 0 bridgehead atoms. The molecule has 0 saturated carbocycles. The molecule has 1 unspecified atom stereocenters. The van der Waals surface area contributed by atoms with E-state index in [2.05, 4.69) is 26.9 Å².